The van der Waals surface area contributed by atoms with Crippen LogP contribution in [0.1, 0.15) is 0 Å². The lowest BCUT2D eigenvalue weighted by atomic mass is 9.98. The van der Waals surface area contributed by atoms with Gasteiger partial charge < -0.3 is 0 Å². The Balaban J connectivity index is 2.87. The molecule has 2 radical (unpaired) electrons. The van der Waals surface area contributed by atoms with Gasteiger partial charge in [-0.15, -0.1) is 0 Å². The Bertz CT molecular complexity index is 398. The molecular formula is C6H3BIN3. The van der Waals surface area contributed by atoms with E-state index in [1.165, 1.54) is 0 Å². The van der Waals surface area contributed by atoms with Gasteiger partial charge in [-0.2, -0.15) is 5.10 Å². The second-order valence-corrected chi connectivity index (χ2v) is 3.26. The summed E-state index contributed by atoms with van der Waals surface area (Å²) in [5.74, 6) is 0. The van der Waals surface area contributed by atoms with E-state index in [1.807, 2.05) is 6.07 Å². The number of hydrogen-bond acceptors (Lipinski definition) is 2. The summed E-state index contributed by atoms with van der Waals surface area (Å²) in [7, 11) is 5.54. The van der Waals surface area contributed by atoms with Crippen LogP contribution in [0.3, 0.4) is 0 Å². The molecular weight excluding hydrogens is 252 g/mol. The van der Waals surface area contributed by atoms with Crippen molar-refractivity contribution in [3.8, 4) is 0 Å². The maximum Gasteiger partial charge on any atom is 0.181 e. The fourth-order valence-corrected chi connectivity index (χ4v) is 1.40. The van der Waals surface area contributed by atoms with Crippen molar-refractivity contribution in [3.63, 3.8) is 0 Å². The quantitative estimate of drug-likeness (QED) is 0.545. The lowest BCUT2D eigenvalue weighted by Gasteiger charge is -1.89. The summed E-state index contributed by atoms with van der Waals surface area (Å²) in [6, 6.07) is 1.85. The monoisotopic (exact) mass is 255 g/mol. The molecule has 0 saturated carbocycles. The molecule has 1 N–H and O–H groups in total. The first-order valence-corrected chi connectivity index (χ1v) is 4.10. The number of nitrogens with zero attached hydrogens (tertiary/aromatic N) is 2. The van der Waals surface area contributed by atoms with Crippen molar-refractivity contribution in [3.05, 3.63) is 16.0 Å². The summed E-state index contributed by atoms with van der Waals surface area (Å²) in [5.41, 5.74) is 1.38. The van der Waals surface area contributed by atoms with Gasteiger partial charge in [0.2, 0.25) is 0 Å². The minimum atomic E-state index is 0.664. The molecule has 0 fully saturated rings. The highest BCUT2D eigenvalue weighted by Crippen LogP contribution is 2.12. The highest BCUT2D eigenvalue weighted by molar-refractivity contribution is 14.1. The molecule has 0 aliphatic rings. The van der Waals surface area contributed by atoms with Crippen molar-refractivity contribution in [2.75, 3.05) is 0 Å². The van der Waals surface area contributed by atoms with Crippen LogP contribution in [0.4, 0.5) is 0 Å². The van der Waals surface area contributed by atoms with Gasteiger partial charge in [-0.25, -0.2) is 4.98 Å². The minimum Gasteiger partial charge on any atom is -0.269 e. The van der Waals surface area contributed by atoms with Gasteiger partial charge in [0.05, 0.1) is 5.39 Å². The number of aromatic nitrogens is 3. The summed E-state index contributed by atoms with van der Waals surface area (Å²) >= 11 is 2.16. The SMILES string of the molecule is [B]c1cnc2n[nH]c(I)c2c1. The van der Waals surface area contributed by atoms with E-state index in [2.05, 4.69) is 37.8 Å². The third-order valence-electron chi connectivity index (χ3n) is 1.38. The zero-order chi connectivity index (χ0) is 7.84. The van der Waals surface area contributed by atoms with E-state index in [0.717, 1.165) is 9.09 Å². The summed E-state index contributed by atoms with van der Waals surface area (Å²) in [6.45, 7) is 0. The van der Waals surface area contributed by atoms with Gasteiger partial charge in [-0.05, 0) is 22.6 Å². The molecule has 0 atom stereocenters. The average molecular weight is 255 g/mol. The number of hydrogen-bond donors (Lipinski definition) is 1. The lowest BCUT2D eigenvalue weighted by molar-refractivity contribution is 1.08. The predicted molar refractivity (Wildman–Crippen MR) is 52.0 cm³/mol. The Kier molecular flexibility index (Phi) is 1.59. The van der Waals surface area contributed by atoms with Crippen molar-refractivity contribution < 1.29 is 0 Å². The molecule has 0 bridgehead atoms. The molecule has 0 aromatic carbocycles. The first-order chi connectivity index (χ1) is 5.27. The highest BCUT2D eigenvalue weighted by Gasteiger charge is 2.01. The summed E-state index contributed by atoms with van der Waals surface area (Å²) in [6.07, 6.45) is 1.60. The van der Waals surface area contributed by atoms with Crippen LogP contribution in [0.15, 0.2) is 12.3 Å². The van der Waals surface area contributed by atoms with Crippen LogP contribution in [0.25, 0.3) is 11.0 Å². The normalized spacial score (nSPS) is 10.6. The lowest BCUT2D eigenvalue weighted by Crippen LogP contribution is -2.01. The number of fused-ring (bicyclic) bond motifs is 1. The van der Waals surface area contributed by atoms with Crippen molar-refractivity contribution in [1.29, 1.82) is 0 Å². The molecule has 11 heavy (non-hydrogen) atoms. The van der Waals surface area contributed by atoms with E-state index in [9.17, 15) is 0 Å². The Hall–Kier alpha value is -0.585. The van der Waals surface area contributed by atoms with E-state index < -0.39 is 0 Å². The zero-order valence-electron chi connectivity index (χ0n) is 5.50. The number of halogens is 1. The third kappa shape index (κ3) is 1.13. The van der Waals surface area contributed by atoms with Crippen molar-refractivity contribution >= 4 is 46.9 Å². The van der Waals surface area contributed by atoms with Crippen LogP contribution in [0, 0.1) is 3.70 Å². The first-order valence-electron chi connectivity index (χ1n) is 3.02. The molecule has 0 aliphatic carbocycles. The van der Waals surface area contributed by atoms with Crippen molar-refractivity contribution in [2.45, 2.75) is 0 Å². The van der Waals surface area contributed by atoms with Gasteiger partial charge in [-0.3, -0.25) is 5.10 Å². The molecule has 2 rings (SSSR count). The van der Waals surface area contributed by atoms with Crippen LogP contribution in [0.2, 0.25) is 0 Å². The van der Waals surface area contributed by atoms with Gasteiger partial charge in [0.25, 0.3) is 0 Å². The summed E-state index contributed by atoms with van der Waals surface area (Å²) in [5, 5.41) is 7.76. The largest absolute Gasteiger partial charge is 0.269 e. The molecule has 0 amide bonds. The maximum atomic E-state index is 5.54. The van der Waals surface area contributed by atoms with Gasteiger partial charge in [0.15, 0.2) is 5.65 Å². The van der Waals surface area contributed by atoms with Crippen LogP contribution < -0.4 is 5.46 Å². The van der Waals surface area contributed by atoms with Crippen molar-refractivity contribution in [2.24, 2.45) is 0 Å². The van der Waals surface area contributed by atoms with Crippen LogP contribution in [0.5, 0.6) is 0 Å². The Morgan fingerprint density at radius 1 is 1.55 bits per heavy atom. The van der Waals surface area contributed by atoms with Gasteiger partial charge in [0.1, 0.15) is 11.5 Å². The zero-order valence-corrected chi connectivity index (χ0v) is 7.66. The molecule has 3 nitrogen and oxygen atoms in total. The first kappa shape index (κ1) is 7.09. The smallest absolute Gasteiger partial charge is 0.181 e. The average Bonchev–Trinajstić information content (AvgIpc) is 2.33. The van der Waals surface area contributed by atoms with Crippen LogP contribution in [-0.4, -0.2) is 23.0 Å². The van der Waals surface area contributed by atoms with Gasteiger partial charge in [0, 0.05) is 6.20 Å². The van der Waals surface area contributed by atoms with Gasteiger partial charge in [-0.1, -0.05) is 11.5 Å². The molecule has 0 aliphatic heterocycles. The topological polar surface area (TPSA) is 41.6 Å². The predicted octanol–water partition coefficient (Wildman–Crippen LogP) is 0.356. The number of nitrogens with one attached hydrogen (secondary N) is 1. The number of H-pyrrole nitrogens is 1. The van der Waals surface area contributed by atoms with Crippen molar-refractivity contribution in [1.82, 2.24) is 15.2 Å². The molecule has 5 heteroatoms. The Morgan fingerprint density at radius 3 is 3.18 bits per heavy atom. The van der Waals surface area contributed by atoms with E-state index in [0.29, 0.717) is 11.1 Å². The fraction of sp³-hybridized carbons (Fsp3) is 0. The second-order valence-electron chi connectivity index (χ2n) is 2.18. The Morgan fingerprint density at radius 2 is 2.36 bits per heavy atom. The van der Waals surface area contributed by atoms with E-state index in [4.69, 9.17) is 7.85 Å². The van der Waals surface area contributed by atoms with Gasteiger partial charge >= 0.3 is 0 Å². The molecule has 0 spiro atoms. The number of pyridine rings is 1. The molecule has 0 saturated heterocycles. The van der Waals surface area contributed by atoms with Crippen LogP contribution in [-0.2, 0) is 0 Å². The standard InChI is InChI=1S/C6H3BIN3/c7-3-1-4-5(8)10-11-6(4)9-2-3/h1-2H,(H,9,10,11). The number of rotatable bonds is 0. The Labute approximate surface area is 78.1 Å². The number of aromatic amines is 1. The summed E-state index contributed by atoms with van der Waals surface area (Å²) in [4.78, 5) is 4.03. The maximum absolute atomic E-state index is 5.54. The van der Waals surface area contributed by atoms with E-state index in [1.54, 1.807) is 6.20 Å². The molecule has 2 heterocycles. The van der Waals surface area contributed by atoms with Crippen LogP contribution >= 0.6 is 22.6 Å². The molecule has 2 aromatic heterocycles. The molecule has 2 aromatic rings. The molecule has 52 valence electrons. The van der Waals surface area contributed by atoms with E-state index in [-0.39, 0.29) is 0 Å². The van der Waals surface area contributed by atoms with E-state index >= 15 is 0 Å². The highest BCUT2D eigenvalue weighted by atomic mass is 127. The molecule has 0 unspecified atom stereocenters. The minimum absolute atomic E-state index is 0.664. The fourth-order valence-electron chi connectivity index (χ4n) is 0.887. The summed E-state index contributed by atoms with van der Waals surface area (Å²) < 4.78 is 0.970. The second kappa shape index (κ2) is 2.47. The third-order valence-corrected chi connectivity index (χ3v) is 2.21.